The first kappa shape index (κ1) is 15.1. The van der Waals surface area contributed by atoms with E-state index in [1.807, 2.05) is 30.3 Å². The van der Waals surface area contributed by atoms with Crippen molar-refractivity contribution in [2.75, 3.05) is 5.32 Å². The van der Waals surface area contributed by atoms with Crippen molar-refractivity contribution in [3.63, 3.8) is 0 Å². The molecule has 0 saturated heterocycles. The molecule has 3 N–H and O–H groups in total. The number of pyridine rings is 1. The second-order valence-electron chi connectivity index (χ2n) is 5.52. The smallest absolute Gasteiger partial charge is 0.231 e. The largest absolute Gasteiger partial charge is 0.382 e. The van der Waals surface area contributed by atoms with Crippen LogP contribution in [0.5, 0.6) is 0 Å². The zero-order valence-corrected chi connectivity index (χ0v) is 12.7. The first-order chi connectivity index (χ1) is 12.1. The SMILES string of the molecule is O=C1C(=O)C(Nc2cc(-c3nn[nH]n3)cc(-c3ccccc3)n2)C1O. The molecule has 0 spiro atoms. The van der Waals surface area contributed by atoms with Crippen LogP contribution >= 0.6 is 0 Å². The molecule has 9 nitrogen and oxygen atoms in total. The van der Waals surface area contributed by atoms with Crippen molar-refractivity contribution in [2.45, 2.75) is 12.1 Å². The summed E-state index contributed by atoms with van der Waals surface area (Å²) >= 11 is 0. The average Bonchev–Trinajstić information content (AvgIpc) is 3.20. The molecular formula is C16H12N6O3. The van der Waals surface area contributed by atoms with Gasteiger partial charge in [0.05, 0.1) is 5.69 Å². The fourth-order valence-electron chi connectivity index (χ4n) is 2.58. The van der Waals surface area contributed by atoms with Crippen LogP contribution in [0.3, 0.4) is 0 Å². The third-order valence-corrected chi connectivity index (χ3v) is 3.91. The number of aliphatic hydroxyl groups is 1. The molecule has 2 unspecified atom stereocenters. The van der Waals surface area contributed by atoms with Gasteiger partial charge in [-0.3, -0.25) is 9.59 Å². The van der Waals surface area contributed by atoms with E-state index in [0.29, 0.717) is 22.9 Å². The monoisotopic (exact) mass is 336 g/mol. The Balaban J connectivity index is 1.74. The zero-order chi connectivity index (χ0) is 17.4. The molecule has 0 bridgehead atoms. The van der Waals surface area contributed by atoms with Gasteiger partial charge in [0.2, 0.25) is 17.4 Å². The molecule has 124 valence electrons. The van der Waals surface area contributed by atoms with E-state index in [0.717, 1.165) is 5.56 Å². The van der Waals surface area contributed by atoms with Gasteiger partial charge < -0.3 is 10.4 Å². The van der Waals surface area contributed by atoms with Crippen LogP contribution < -0.4 is 5.32 Å². The van der Waals surface area contributed by atoms with Crippen molar-refractivity contribution < 1.29 is 14.7 Å². The Hall–Kier alpha value is -3.46. The number of tetrazole rings is 1. The molecule has 1 fully saturated rings. The third kappa shape index (κ3) is 2.66. The van der Waals surface area contributed by atoms with Crippen LogP contribution in [0.15, 0.2) is 42.5 Å². The summed E-state index contributed by atoms with van der Waals surface area (Å²) in [7, 11) is 0. The minimum Gasteiger partial charge on any atom is -0.382 e. The molecule has 9 heteroatoms. The van der Waals surface area contributed by atoms with E-state index in [9.17, 15) is 14.7 Å². The average molecular weight is 336 g/mol. The highest BCUT2D eigenvalue weighted by molar-refractivity contribution is 6.49. The van der Waals surface area contributed by atoms with Crippen LogP contribution in [-0.4, -0.2) is 54.4 Å². The summed E-state index contributed by atoms with van der Waals surface area (Å²) in [6.45, 7) is 0. The maximum absolute atomic E-state index is 11.6. The van der Waals surface area contributed by atoms with Crippen LogP contribution in [0, 0.1) is 0 Å². The Kier molecular flexibility index (Phi) is 3.55. The summed E-state index contributed by atoms with van der Waals surface area (Å²) in [6.07, 6.45) is -1.36. The highest BCUT2D eigenvalue weighted by Gasteiger charge is 2.48. The van der Waals surface area contributed by atoms with E-state index >= 15 is 0 Å². The Morgan fingerprint density at radius 1 is 1.04 bits per heavy atom. The van der Waals surface area contributed by atoms with Gasteiger partial charge in [-0.1, -0.05) is 30.3 Å². The topological polar surface area (TPSA) is 134 Å². The number of ketones is 2. The standard InChI is InChI=1S/C16H12N6O3/c23-13-12(14(24)15(13)25)18-11-7-9(16-19-21-22-20-16)6-10(17-11)8-4-2-1-3-5-8/h1-7,12-13,23H,(H,17,18)(H,19,20,21,22). The number of hydrogen-bond acceptors (Lipinski definition) is 8. The molecule has 4 rings (SSSR count). The van der Waals surface area contributed by atoms with E-state index < -0.39 is 23.7 Å². The highest BCUT2D eigenvalue weighted by atomic mass is 16.3. The van der Waals surface area contributed by atoms with E-state index in [1.54, 1.807) is 12.1 Å². The number of nitrogens with one attached hydrogen (secondary N) is 2. The van der Waals surface area contributed by atoms with E-state index in [4.69, 9.17) is 0 Å². The van der Waals surface area contributed by atoms with E-state index in [1.165, 1.54) is 0 Å². The fourth-order valence-corrected chi connectivity index (χ4v) is 2.58. The van der Waals surface area contributed by atoms with Gasteiger partial charge in [-0.15, -0.1) is 10.2 Å². The number of nitrogens with zero attached hydrogens (tertiary/aromatic N) is 4. The Morgan fingerprint density at radius 2 is 1.84 bits per heavy atom. The fraction of sp³-hybridized carbons (Fsp3) is 0.125. The Bertz CT molecular complexity index is 942. The molecule has 0 aliphatic heterocycles. The highest BCUT2D eigenvalue weighted by Crippen LogP contribution is 2.27. The van der Waals surface area contributed by atoms with Crippen molar-refractivity contribution in [3.8, 4) is 22.6 Å². The van der Waals surface area contributed by atoms with E-state index in [-0.39, 0.29) is 0 Å². The number of aromatic amines is 1. The molecular weight excluding hydrogens is 324 g/mol. The summed E-state index contributed by atoms with van der Waals surface area (Å²) in [5.74, 6) is -0.777. The zero-order valence-electron chi connectivity index (χ0n) is 12.7. The molecule has 1 aliphatic rings. The summed E-state index contributed by atoms with van der Waals surface area (Å²) in [5, 5.41) is 26.3. The van der Waals surface area contributed by atoms with Crippen molar-refractivity contribution in [3.05, 3.63) is 42.5 Å². The molecule has 1 aliphatic carbocycles. The lowest BCUT2D eigenvalue weighted by Gasteiger charge is -2.29. The second-order valence-corrected chi connectivity index (χ2v) is 5.52. The van der Waals surface area contributed by atoms with Gasteiger partial charge in [0.15, 0.2) is 0 Å². The predicted octanol–water partition coefficient (Wildman–Crippen LogP) is 0.222. The summed E-state index contributed by atoms with van der Waals surface area (Å²) in [5.41, 5.74) is 2.10. The molecule has 1 saturated carbocycles. The first-order valence-electron chi connectivity index (χ1n) is 7.47. The molecule has 1 aromatic carbocycles. The number of rotatable bonds is 4. The number of aromatic nitrogens is 5. The number of Topliss-reactive ketones (excluding diaryl/α,β-unsaturated/α-hetero) is 2. The van der Waals surface area contributed by atoms with E-state index in [2.05, 4.69) is 30.9 Å². The van der Waals surface area contributed by atoms with Gasteiger partial charge in [0, 0.05) is 11.1 Å². The number of aliphatic hydroxyl groups excluding tert-OH is 1. The summed E-state index contributed by atoms with van der Waals surface area (Å²) < 4.78 is 0. The minimum absolute atomic E-state index is 0.325. The number of carbonyl (C=O) groups is 2. The number of anilines is 1. The lowest BCUT2D eigenvalue weighted by molar-refractivity contribution is -0.152. The molecule has 3 aromatic rings. The molecule has 2 atom stereocenters. The van der Waals surface area contributed by atoms with Crippen molar-refractivity contribution in [1.29, 1.82) is 0 Å². The molecule has 0 amide bonds. The molecule has 0 radical (unpaired) electrons. The summed E-state index contributed by atoms with van der Waals surface area (Å²) in [6, 6.07) is 11.8. The van der Waals surface area contributed by atoms with Crippen LogP contribution in [0.2, 0.25) is 0 Å². The summed E-state index contributed by atoms with van der Waals surface area (Å²) in [4.78, 5) is 27.3. The van der Waals surface area contributed by atoms with Gasteiger partial charge in [-0.2, -0.15) is 5.21 Å². The van der Waals surface area contributed by atoms with Gasteiger partial charge >= 0.3 is 0 Å². The predicted molar refractivity (Wildman–Crippen MR) is 86.3 cm³/mol. The Morgan fingerprint density at radius 3 is 2.52 bits per heavy atom. The second kappa shape index (κ2) is 5.87. The van der Waals surface area contributed by atoms with Crippen molar-refractivity contribution in [2.24, 2.45) is 0 Å². The third-order valence-electron chi connectivity index (χ3n) is 3.91. The first-order valence-corrected chi connectivity index (χ1v) is 7.47. The maximum atomic E-state index is 11.6. The lowest BCUT2D eigenvalue weighted by atomic mass is 9.86. The van der Waals surface area contributed by atoms with Crippen LogP contribution in [-0.2, 0) is 9.59 Å². The number of carbonyl (C=O) groups excluding carboxylic acids is 2. The number of H-pyrrole nitrogens is 1. The maximum Gasteiger partial charge on any atom is 0.231 e. The van der Waals surface area contributed by atoms with Crippen molar-refractivity contribution in [1.82, 2.24) is 25.6 Å². The quantitative estimate of drug-likeness (QED) is 0.576. The normalized spacial score (nSPS) is 19.6. The number of benzene rings is 1. The van der Waals surface area contributed by atoms with Crippen molar-refractivity contribution >= 4 is 17.4 Å². The molecule has 2 heterocycles. The number of hydrogen-bond donors (Lipinski definition) is 3. The van der Waals surface area contributed by atoms with Gasteiger partial charge in [-0.25, -0.2) is 4.98 Å². The van der Waals surface area contributed by atoms with Gasteiger partial charge in [0.25, 0.3) is 0 Å². The van der Waals surface area contributed by atoms with Crippen LogP contribution in [0.4, 0.5) is 5.82 Å². The molecule has 2 aromatic heterocycles. The molecule has 25 heavy (non-hydrogen) atoms. The minimum atomic E-state index is -1.36. The van der Waals surface area contributed by atoms with Gasteiger partial charge in [-0.05, 0) is 17.3 Å². The Labute approximate surface area is 141 Å². The lowest BCUT2D eigenvalue weighted by Crippen LogP contribution is -2.61. The van der Waals surface area contributed by atoms with Crippen LogP contribution in [0.25, 0.3) is 22.6 Å². The van der Waals surface area contributed by atoms with Gasteiger partial charge in [0.1, 0.15) is 18.0 Å². The van der Waals surface area contributed by atoms with Crippen LogP contribution in [0.1, 0.15) is 0 Å².